The average Bonchev–Trinajstić information content (AvgIpc) is 2.80. The van der Waals surface area contributed by atoms with Gasteiger partial charge in [-0.1, -0.05) is 6.07 Å². The van der Waals surface area contributed by atoms with Crippen molar-refractivity contribution in [2.75, 3.05) is 6.54 Å². The molecule has 3 rings (SSSR count). The van der Waals surface area contributed by atoms with Crippen LogP contribution in [0.25, 0.3) is 0 Å². The quantitative estimate of drug-likeness (QED) is 0.756. The van der Waals surface area contributed by atoms with Crippen LogP contribution in [0, 0.1) is 0 Å². The molecule has 0 saturated carbocycles. The number of aromatic nitrogens is 3. The smallest absolute Gasteiger partial charge is 0.272 e. The SMILES string of the molecule is O=C(c1ccccn1)N1CCc2[nH][nH]c(=O)c2C1. The summed E-state index contributed by atoms with van der Waals surface area (Å²) in [6.45, 7) is 0.930. The van der Waals surface area contributed by atoms with E-state index in [0.29, 0.717) is 30.8 Å². The minimum absolute atomic E-state index is 0.137. The fourth-order valence-electron chi connectivity index (χ4n) is 2.14. The highest BCUT2D eigenvalue weighted by Gasteiger charge is 2.25. The van der Waals surface area contributed by atoms with Crippen molar-refractivity contribution in [1.29, 1.82) is 0 Å². The van der Waals surface area contributed by atoms with Crippen LogP contribution in [0.5, 0.6) is 0 Å². The fraction of sp³-hybridized carbons (Fsp3) is 0.250. The van der Waals surface area contributed by atoms with Crippen LogP contribution in [-0.4, -0.2) is 32.5 Å². The van der Waals surface area contributed by atoms with E-state index in [1.165, 1.54) is 0 Å². The predicted octanol–water partition coefficient (Wildman–Crippen LogP) is 0.297. The Hall–Kier alpha value is -2.37. The van der Waals surface area contributed by atoms with Crippen molar-refractivity contribution in [3.05, 3.63) is 51.7 Å². The maximum absolute atomic E-state index is 12.2. The Morgan fingerprint density at radius 1 is 1.33 bits per heavy atom. The van der Waals surface area contributed by atoms with Gasteiger partial charge in [-0.2, -0.15) is 0 Å². The van der Waals surface area contributed by atoms with Crippen molar-refractivity contribution in [1.82, 2.24) is 20.1 Å². The standard InChI is InChI=1S/C12H12N4O2/c17-11-8-7-16(6-4-9(8)14-15-11)12(18)10-3-1-2-5-13-10/h1-3,5H,4,6-7H2,(H2,14,15,17). The summed E-state index contributed by atoms with van der Waals surface area (Å²) in [5, 5.41) is 5.38. The van der Waals surface area contributed by atoms with E-state index >= 15 is 0 Å². The molecule has 2 aromatic rings. The van der Waals surface area contributed by atoms with E-state index in [0.717, 1.165) is 5.69 Å². The van der Waals surface area contributed by atoms with Crippen LogP contribution in [0.3, 0.4) is 0 Å². The largest absolute Gasteiger partial charge is 0.332 e. The Morgan fingerprint density at radius 2 is 2.22 bits per heavy atom. The van der Waals surface area contributed by atoms with Gasteiger partial charge in [0.25, 0.3) is 11.5 Å². The summed E-state index contributed by atoms with van der Waals surface area (Å²) in [5.41, 5.74) is 1.80. The molecule has 0 unspecified atom stereocenters. The van der Waals surface area contributed by atoms with Crippen LogP contribution < -0.4 is 5.56 Å². The van der Waals surface area contributed by atoms with Gasteiger partial charge in [-0.15, -0.1) is 0 Å². The van der Waals surface area contributed by atoms with E-state index < -0.39 is 0 Å². The Labute approximate surface area is 103 Å². The summed E-state index contributed by atoms with van der Waals surface area (Å²) in [6, 6.07) is 5.22. The number of nitrogens with zero attached hydrogens (tertiary/aromatic N) is 2. The number of H-pyrrole nitrogens is 2. The van der Waals surface area contributed by atoms with Gasteiger partial charge in [0.2, 0.25) is 0 Å². The molecule has 0 bridgehead atoms. The summed E-state index contributed by atoms with van der Waals surface area (Å²) in [6.07, 6.45) is 2.25. The first-order chi connectivity index (χ1) is 8.75. The van der Waals surface area contributed by atoms with Crippen LogP contribution in [0.1, 0.15) is 21.7 Å². The van der Waals surface area contributed by atoms with Gasteiger partial charge in [-0.05, 0) is 12.1 Å². The van der Waals surface area contributed by atoms with Gasteiger partial charge >= 0.3 is 0 Å². The maximum atomic E-state index is 12.2. The molecule has 1 aliphatic rings. The molecule has 2 aromatic heterocycles. The van der Waals surface area contributed by atoms with E-state index in [1.54, 1.807) is 29.3 Å². The summed E-state index contributed by atoms with van der Waals surface area (Å²) < 4.78 is 0. The third-order valence-corrected chi connectivity index (χ3v) is 3.12. The van der Waals surface area contributed by atoms with E-state index in [2.05, 4.69) is 15.2 Å². The number of fused-ring (bicyclic) bond motifs is 1. The summed E-state index contributed by atoms with van der Waals surface area (Å²) in [4.78, 5) is 29.4. The highest BCUT2D eigenvalue weighted by Crippen LogP contribution is 2.15. The van der Waals surface area contributed by atoms with Gasteiger partial charge in [0.15, 0.2) is 0 Å². The van der Waals surface area contributed by atoms with Crippen molar-refractivity contribution >= 4 is 5.91 Å². The molecule has 6 nitrogen and oxygen atoms in total. The average molecular weight is 244 g/mol. The van der Waals surface area contributed by atoms with Gasteiger partial charge in [0.05, 0.1) is 12.1 Å². The molecule has 0 aromatic carbocycles. The zero-order chi connectivity index (χ0) is 12.5. The number of amides is 1. The topological polar surface area (TPSA) is 81.8 Å². The Morgan fingerprint density at radius 3 is 3.00 bits per heavy atom. The second kappa shape index (κ2) is 4.14. The molecule has 2 N–H and O–H groups in total. The molecule has 1 amide bonds. The number of hydrogen-bond acceptors (Lipinski definition) is 3. The second-order valence-electron chi connectivity index (χ2n) is 4.23. The van der Waals surface area contributed by atoms with Crippen molar-refractivity contribution in [3.8, 4) is 0 Å². The molecule has 6 heteroatoms. The van der Waals surface area contributed by atoms with E-state index in [1.807, 2.05) is 0 Å². The summed E-state index contributed by atoms with van der Waals surface area (Å²) >= 11 is 0. The van der Waals surface area contributed by atoms with Crippen LogP contribution in [0.4, 0.5) is 0 Å². The third kappa shape index (κ3) is 1.71. The molecule has 18 heavy (non-hydrogen) atoms. The predicted molar refractivity (Wildman–Crippen MR) is 64.1 cm³/mol. The molecule has 0 fully saturated rings. The van der Waals surface area contributed by atoms with E-state index in [-0.39, 0.29) is 11.5 Å². The van der Waals surface area contributed by atoms with E-state index in [4.69, 9.17) is 0 Å². The Balaban J connectivity index is 1.86. The molecule has 0 spiro atoms. The number of rotatable bonds is 1. The molecular formula is C12H12N4O2. The van der Waals surface area contributed by atoms with Crippen molar-refractivity contribution in [2.45, 2.75) is 13.0 Å². The molecule has 3 heterocycles. The molecule has 0 radical (unpaired) electrons. The summed E-state index contributed by atoms with van der Waals surface area (Å²) in [7, 11) is 0. The molecular weight excluding hydrogens is 232 g/mol. The molecule has 1 aliphatic heterocycles. The highest BCUT2D eigenvalue weighted by molar-refractivity contribution is 5.92. The zero-order valence-electron chi connectivity index (χ0n) is 9.64. The van der Waals surface area contributed by atoms with Crippen LogP contribution in [0.15, 0.2) is 29.2 Å². The normalized spacial score (nSPS) is 14.3. The van der Waals surface area contributed by atoms with Crippen LogP contribution >= 0.6 is 0 Å². The van der Waals surface area contributed by atoms with Gasteiger partial charge in [0.1, 0.15) is 5.69 Å². The van der Waals surface area contributed by atoms with Gasteiger partial charge in [-0.25, -0.2) is 0 Å². The van der Waals surface area contributed by atoms with Crippen LogP contribution in [0.2, 0.25) is 0 Å². The number of aromatic amines is 2. The van der Waals surface area contributed by atoms with E-state index in [9.17, 15) is 9.59 Å². The Bertz CT molecular complexity index is 629. The van der Waals surface area contributed by atoms with Gasteiger partial charge in [0, 0.05) is 24.9 Å². The lowest BCUT2D eigenvalue weighted by Crippen LogP contribution is -2.37. The first-order valence-corrected chi connectivity index (χ1v) is 5.74. The molecule has 0 saturated heterocycles. The number of hydrogen-bond donors (Lipinski definition) is 2. The third-order valence-electron chi connectivity index (χ3n) is 3.12. The lowest BCUT2D eigenvalue weighted by Gasteiger charge is -2.25. The molecule has 0 atom stereocenters. The Kier molecular flexibility index (Phi) is 2.47. The summed E-state index contributed by atoms with van der Waals surface area (Å²) in [5.74, 6) is -0.137. The first-order valence-electron chi connectivity index (χ1n) is 5.74. The lowest BCUT2D eigenvalue weighted by molar-refractivity contribution is 0.0728. The minimum atomic E-state index is -0.150. The van der Waals surface area contributed by atoms with Gasteiger partial charge < -0.3 is 10.00 Å². The first kappa shape index (κ1) is 10.8. The monoisotopic (exact) mass is 244 g/mol. The number of carbonyl (C=O) groups is 1. The molecule has 92 valence electrons. The van der Waals surface area contributed by atoms with Crippen molar-refractivity contribution in [3.63, 3.8) is 0 Å². The van der Waals surface area contributed by atoms with Crippen molar-refractivity contribution < 1.29 is 4.79 Å². The molecule has 0 aliphatic carbocycles. The zero-order valence-corrected chi connectivity index (χ0v) is 9.64. The van der Waals surface area contributed by atoms with Crippen LogP contribution in [-0.2, 0) is 13.0 Å². The lowest BCUT2D eigenvalue weighted by atomic mass is 10.1. The minimum Gasteiger partial charge on any atom is -0.332 e. The fourth-order valence-corrected chi connectivity index (χ4v) is 2.14. The van der Waals surface area contributed by atoms with Gasteiger partial charge in [-0.3, -0.25) is 19.7 Å². The van der Waals surface area contributed by atoms with Crippen molar-refractivity contribution in [2.24, 2.45) is 0 Å². The second-order valence-corrected chi connectivity index (χ2v) is 4.23. The number of pyridine rings is 1. The number of nitrogens with one attached hydrogen (secondary N) is 2. The highest BCUT2D eigenvalue weighted by atomic mass is 16.2. The maximum Gasteiger partial charge on any atom is 0.272 e. The number of carbonyl (C=O) groups excluding carboxylic acids is 1.